The van der Waals surface area contributed by atoms with Crippen LogP contribution in [0.5, 0.6) is 0 Å². The maximum Gasteiger partial charge on any atom is 0.434 e. The first-order valence-electron chi connectivity index (χ1n) is 16.5. The normalized spacial score (nSPS) is 21.6. The van der Waals surface area contributed by atoms with E-state index >= 15 is 0 Å². The van der Waals surface area contributed by atoms with Gasteiger partial charge in [0, 0.05) is 23.2 Å². The number of H-pyrrole nitrogens is 1. The van der Waals surface area contributed by atoms with Gasteiger partial charge in [-0.3, -0.25) is 9.78 Å². The van der Waals surface area contributed by atoms with Crippen molar-refractivity contribution in [2.24, 2.45) is 5.92 Å². The molecule has 49 heavy (non-hydrogen) atoms. The summed E-state index contributed by atoms with van der Waals surface area (Å²) in [6, 6.07) is 15.3. The van der Waals surface area contributed by atoms with E-state index in [4.69, 9.17) is 14.4 Å². The zero-order valence-electron chi connectivity index (χ0n) is 26.1. The van der Waals surface area contributed by atoms with Gasteiger partial charge in [0.15, 0.2) is 0 Å². The number of aromatic amines is 1. The van der Waals surface area contributed by atoms with Crippen LogP contribution in [0, 0.1) is 17.6 Å². The number of fused-ring (bicyclic) bond motifs is 3. The summed E-state index contributed by atoms with van der Waals surface area (Å²) in [5, 5.41) is 11.2. The molecular formula is C37H28F2N6O3S. The largest absolute Gasteiger partial charge is 0.434 e. The fourth-order valence-electron chi connectivity index (χ4n) is 8.59. The number of thiophene rings is 1. The predicted molar refractivity (Wildman–Crippen MR) is 179 cm³/mol. The van der Waals surface area contributed by atoms with Crippen molar-refractivity contribution in [3.8, 4) is 21.9 Å². The third kappa shape index (κ3) is 4.29. The highest BCUT2D eigenvalue weighted by molar-refractivity contribution is 7.23. The molecule has 0 radical (unpaired) electrons. The number of rotatable bonds is 7. The molecular weight excluding hydrogens is 647 g/mol. The highest BCUT2D eigenvalue weighted by Crippen LogP contribution is 2.63. The molecule has 4 aromatic heterocycles. The Morgan fingerprint density at radius 3 is 2.65 bits per heavy atom. The lowest BCUT2D eigenvalue weighted by Gasteiger charge is -2.37. The van der Waals surface area contributed by atoms with Crippen LogP contribution in [0.15, 0.2) is 70.0 Å². The molecule has 2 N–H and O–H groups in total. The maximum absolute atomic E-state index is 14.4. The van der Waals surface area contributed by atoms with Gasteiger partial charge in [0.25, 0.3) is 11.8 Å². The van der Waals surface area contributed by atoms with E-state index in [0.29, 0.717) is 53.5 Å². The lowest BCUT2D eigenvalue weighted by molar-refractivity contribution is 0.0637. The van der Waals surface area contributed by atoms with Crippen LogP contribution in [0.25, 0.3) is 32.0 Å². The molecule has 11 rings (SSSR count). The maximum atomic E-state index is 14.4. The fourth-order valence-corrected chi connectivity index (χ4v) is 9.76. The van der Waals surface area contributed by atoms with E-state index in [1.54, 1.807) is 24.4 Å². The van der Waals surface area contributed by atoms with Crippen molar-refractivity contribution in [3.63, 3.8) is 0 Å². The highest BCUT2D eigenvalue weighted by Gasteiger charge is 2.65. The number of anilines is 1. The summed E-state index contributed by atoms with van der Waals surface area (Å²) in [5.41, 5.74) is 5.69. The summed E-state index contributed by atoms with van der Waals surface area (Å²) in [4.78, 5) is 39.4. The summed E-state index contributed by atoms with van der Waals surface area (Å²) in [6.45, 7) is 0.698. The van der Waals surface area contributed by atoms with Crippen LogP contribution < -0.4 is 11.1 Å². The van der Waals surface area contributed by atoms with Gasteiger partial charge in [-0.15, -0.1) is 16.4 Å². The smallest absolute Gasteiger partial charge is 0.388 e. The Balaban J connectivity index is 1.15. The molecule has 9 nitrogen and oxygen atoms in total. The number of pyridine rings is 2. The van der Waals surface area contributed by atoms with Gasteiger partial charge < -0.3 is 14.6 Å². The second-order valence-corrected chi connectivity index (χ2v) is 14.6. The van der Waals surface area contributed by atoms with E-state index in [2.05, 4.69) is 21.6 Å². The standard InChI is InChI=1S/C37H28F2N6O3S/c38-22-5-1-18(2-6-22)3-9-26-28(34-43-44-36(47)48-34)29(30-32(41-26)37-15-19(16-37)17-45(37)35(30)46)27-14-21-11-12-40-33(31(21)49-27)42-25-10-4-20-13-23(39)7-8-24(20)25/h1-2,5-8,11-14,19,25H,3-4,9-10,15-17H2,(H,40,42)(H,44,47). The van der Waals surface area contributed by atoms with Gasteiger partial charge in [0.1, 0.15) is 17.5 Å². The highest BCUT2D eigenvalue weighted by atomic mass is 32.1. The number of hydrogen-bond acceptors (Lipinski definition) is 8. The lowest BCUT2D eigenvalue weighted by atomic mass is 9.71. The molecule has 6 aromatic rings. The van der Waals surface area contributed by atoms with Crippen molar-refractivity contribution in [1.82, 2.24) is 25.1 Å². The molecule has 3 aliphatic heterocycles. The lowest BCUT2D eigenvalue weighted by Crippen LogP contribution is -2.40. The third-order valence-electron chi connectivity index (χ3n) is 10.8. The second-order valence-electron chi connectivity index (χ2n) is 13.6. The Hall–Kier alpha value is -5.23. The zero-order chi connectivity index (χ0) is 33.0. The Kier molecular flexibility index (Phi) is 6.09. The molecule has 1 saturated carbocycles. The van der Waals surface area contributed by atoms with Crippen LogP contribution >= 0.6 is 11.3 Å². The molecule has 2 aromatic carbocycles. The minimum Gasteiger partial charge on any atom is -0.388 e. The number of nitrogens with one attached hydrogen (secondary N) is 2. The monoisotopic (exact) mass is 674 g/mol. The Morgan fingerprint density at radius 1 is 1.00 bits per heavy atom. The predicted octanol–water partition coefficient (Wildman–Crippen LogP) is 6.94. The molecule has 1 spiro atoms. The topological polar surface area (TPSA) is 117 Å². The van der Waals surface area contributed by atoms with Crippen molar-refractivity contribution in [2.75, 3.05) is 11.9 Å². The summed E-state index contributed by atoms with van der Waals surface area (Å²) < 4.78 is 34.2. The van der Waals surface area contributed by atoms with Gasteiger partial charge in [-0.25, -0.2) is 23.7 Å². The summed E-state index contributed by atoms with van der Waals surface area (Å²) in [6.07, 6.45) is 6.12. The SMILES string of the molecule is O=C1c2c(nc(CCc3ccc(F)cc3)c(-c3n[nH]c(=O)o3)c2-c2cc3ccnc(NC4CCc5cc(F)ccc54)c3s2)C23CC(CN12)C3. The first-order valence-corrected chi connectivity index (χ1v) is 17.3. The summed E-state index contributed by atoms with van der Waals surface area (Å²) >= 11 is 1.51. The number of carbonyl (C=O) groups excluding carboxylic acids is 1. The van der Waals surface area contributed by atoms with Crippen LogP contribution in [-0.2, 0) is 24.8 Å². The van der Waals surface area contributed by atoms with Crippen LogP contribution in [0.1, 0.15) is 63.7 Å². The molecule has 2 aliphatic carbocycles. The van der Waals surface area contributed by atoms with Gasteiger partial charge >= 0.3 is 5.76 Å². The van der Waals surface area contributed by atoms with Gasteiger partial charge in [-0.1, -0.05) is 18.2 Å². The van der Waals surface area contributed by atoms with Gasteiger partial charge in [-0.2, -0.15) is 0 Å². The molecule has 1 amide bonds. The van der Waals surface area contributed by atoms with E-state index in [9.17, 15) is 18.4 Å². The van der Waals surface area contributed by atoms with Crippen molar-refractivity contribution in [1.29, 1.82) is 0 Å². The van der Waals surface area contributed by atoms with Crippen LogP contribution in [0.2, 0.25) is 0 Å². The number of aryl methyl sites for hydroxylation is 3. The number of aromatic nitrogens is 4. The van der Waals surface area contributed by atoms with E-state index in [1.165, 1.54) is 29.5 Å². The minimum absolute atomic E-state index is 0.0178. The quantitative estimate of drug-likeness (QED) is 0.189. The van der Waals surface area contributed by atoms with Gasteiger partial charge in [0.05, 0.1) is 38.8 Å². The van der Waals surface area contributed by atoms with Crippen molar-refractivity contribution in [3.05, 3.63) is 117 Å². The third-order valence-corrected chi connectivity index (χ3v) is 11.9. The molecule has 244 valence electrons. The van der Waals surface area contributed by atoms with Crippen molar-refractivity contribution >= 4 is 33.1 Å². The average Bonchev–Trinajstić information content (AvgIpc) is 3.93. The van der Waals surface area contributed by atoms with Crippen LogP contribution in [0.4, 0.5) is 14.6 Å². The number of hydrogen-bond donors (Lipinski definition) is 2. The van der Waals surface area contributed by atoms with E-state index < -0.39 is 11.3 Å². The molecule has 12 heteroatoms. The zero-order valence-corrected chi connectivity index (χ0v) is 26.9. The minimum atomic E-state index is -0.706. The molecule has 3 fully saturated rings. The Labute approximate surface area is 282 Å². The average molecular weight is 675 g/mol. The molecule has 1 unspecified atom stereocenters. The number of halogens is 2. The first-order chi connectivity index (χ1) is 23.8. The van der Waals surface area contributed by atoms with Crippen LogP contribution in [0.3, 0.4) is 0 Å². The van der Waals surface area contributed by atoms with Crippen molar-refractivity contribution < 1.29 is 18.0 Å². The van der Waals surface area contributed by atoms with Crippen LogP contribution in [-0.4, -0.2) is 37.5 Å². The van der Waals surface area contributed by atoms with Gasteiger partial charge in [0.2, 0.25) is 0 Å². The molecule has 5 aliphatic rings. The fraction of sp³-hybridized carbons (Fsp3) is 0.270. The molecule has 2 bridgehead atoms. The molecule has 7 heterocycles. The number of amides is 1. The number of benzene rings is 2. The Morgan fingerprint density at radius 2 is 1.84 bits per heavy atom. The van der Waals surface area contributed by atoms with Gasteiger partial charge in [-0.05, 0) is 103 Å². The summed E-state index contributed by atoms with van der Waals surface area (Å²) in [5.74, 6) is -0.0727. The number of nitrogens with zero attached hydrogens (tertiary/aromatic N) is 4. The second kappa shape index (κ2) is 10.4. The summed E-state index contributed by atoms with van der Waals surface area (Å²) in [7, 11) is 0. The number of carbonyl (C=O) groups is 1. The van der Waals surface area contributed by atoms with E-state index in [-0.39, 0.29) is 29.5 Å². The molecule has 1 atom stereocenters. The van der Waals surface area contributed by atoms with Crippen molar-refractivity contribution in [2.45, 2.75) is 50.1 Å². The first kappa shape index (κ1) is 28.8. The molecule has 2 saturated heterocycles. The Bertz CT molecular complexity index is 2410. The van der Waals surface area contributed by atoms with E-state index in [0.717, 1.165) is 63.0 Å². The van der Waals surface area contributed by atoms with E-state index in [1.807, 2.05) is 17.0 Å².